The zero-order chi connectivity index (χ0) is 25.8. The van der Waals surface area contributed by atoms with Crippen LogP contribution in [0.25, 0.3) is 22.0 Å². The van der Waals surface area contributed by atoms with E-state index in [0.29, 0.717) is 5.56 Å². The first-order chi connectivity index (χ1) is 18.0. The van der Waals surface area contributed by atoms with Crippen molar-refractivity contribution in [2.75, 3.05) is 6.54 Å². The van der Waals surface area contributed by atoms with Crippen LogP contribution in [-0.2, 0) is 6.54 Å². The lowest BCUT2D eigenvalue weighted by atomic mass is 10.0. The number of hydrogen-bond acceptors (Lipinski definition) is 4. The lowest BCUT2D eigenvalue weighted by Crippen LogP contribution is -2.33. The average molecular weight is 495 g/mol. The van der Waals surface area contributed by atoms with Crippen LogP contribution >= 0.6 is 0 Å². The van der Waals surface area contributed by atoms with E-state index in [-0.39, 0.29) is 18.7 Å². The molecular formula is C28H19F2N5O2. The van der Waals surface area contributed by atoms with E-state index in [2.05, 4.69) is 32.1 Å². The zero-order valence-corrected chi connectivity index (χ0v) is 19.3. The van der Waals surface area contributed by atoms with Crippen molar-refractivity contribution in [3.63, 3.8) is 0 Å². The number of carbonyl (C=O) groups is 1. The van der Waals surface area contributed by atoms with Crippen LogP contribution < -0.4 is 10.9 Å². The second kappa shape index (κ2) is 10.3. The van der Waals surface area contributed by atoms with Crippen LogP contribution in [0.5, 0.6) is 0 Å². The minimum absolute atomic E-state index is 0.00604. The fourth-order valence-electron chi connectivity index (χ4n) is 3.89. The summed E-state index contributed by atoms with van der Waals surface area (Å²) in [4.78, 5) is 36.7. The Labute approximate surface area is 209 Å². The highest BCUT2D eigenvalue weighted by Gasteiger charge is 2.13. The first-order valence-corrected chi connectivity index (χ1v) is 11.3. The number of pyridine rings is 1. The lowest BCUT2D eigenvalue weighted by Gasteiger charge is -2.08. The molecule has 0 spiro atoms. The summed E-state index contributed by atoms with van der Waals surface area (Å²) in [5.41, 5.74) is 3.23. The largest absolute Gasteiger partial charge is 0.367 e. The highest BCUT2D eigenvalue weighted by molar-refractivity contribution is 5.95. The third-order valence-electron chi connectivity index (χ3n) is 5.70. The standard InChI is InChI=1S/C28H19F2N5O2/c29-24-5-3-19(13-25(24)30)16-35-17-32-15-23(28(35)37)27(36)34-9-1-2-18-4-6-26-22(12-18)21(8-11-33-26)20-7-10-31-14-20/h3-8,10-15,17,31H,9,16H2,(H,34,36). The monoisotopic (exact) mass is 495 g/mol. The number of hydrogen-bond donors (Lipinski definition) is 2. The molecule has 0 saturated heterocycles. The number of amides is 1. The molecule has 37 heavy (non-hydrogen) atoms. The molecule has 5 rings (SSSR count). The number of aromatic amines is 1. The highest BCUT2D eigenvalue weighted by Crippen LogP contribution is 2.27. The zero-order valence-electron chi connectivity index (χ0n) is 19.3. The minimum Gasteiger partial charge on any atom is -0.367 e. The first kappa shape index (κ1) is 23.6. The number of H-pyrrole nitrogens is 1. The minimum atomic E-state index is -1.02. The molecule has 0 saturated carbocycles. The number of aromatic nitrogens is 4. The fraction of sp³-hybridized carbons (Fsp3) is 0.0714. The van der Waals surface area contributed by atoms with Crippen LogP contribution in [0.4, 0.5) is 8.78 Å². The fourth-order valence-corrected chi connectivity index (χ4v) is 3.89. The molecule has 0 radical (unpaired) electrons. The summed E-state index contributed by atoms with van der Waals surface area (Å²) >= 11 is 0. The maximum absolute atomic E-state index is 13.5. The van der Waals surface area contributed by atoms with Crippen LogP contribution in [0.3, 0.4) is 0 Å². The Bertz CT molecular complexity index is 1730. The Kier molecular flexibility index (Phi) is 6.55. The lowest BCUT2D eigenvalue weighted by molar-refractivity contribution is 0.0956. The van der Waals surface area contributed by atoms with Gasteiger partial charge in [-0.1, -0.05) is 17.9 Å². The number of halogens is 2. The van der Waals surface area contributed by atoms with Gasteiger partial charge in [0.15, 0.2) is 11.6 Å². The molecule has 0 atom stereocenters. The van der Waals surface area contributed by atoms with Crippen LogP contribution in [0, 0.1) is 23.5 Å². The third kappa shape index (κ3) is 5.13. The van der Waals surface area contributed by atoms with Gasteiger partial charge in [-0.25, -0.2) is 13.8 Å². The Balaban J connectivity index is 1.29. The molecule has 3 heterocycles. The average Bonchev–Trinajstić information content (AvgIpc) is 3.44. The summed E-state index contributed by atoms with van der Waals surface area (Å²) < 4.78 is 27.8. The molecule has 0 aliphatic rings. The highest BCUT2D eigenvalue weighted by atomic mass is 19.2. The summed E-state index contributed by atoms with van der Waals surface area (Å²) in [6.07, 6.45) is 7.92. The summed E-state index contributed by atoms with van der Waals surface area (Å²) in [5.74, 6) is 3.27. The Morgan fingerprint density at radius 3 is 2.78 bits per heavy atom. The van der Waals surface area contributed by atoms with Gasteiger partial charge in [0.1, 0.15) is 5.56 Å². The molecule has 3 aromatic heterocycles. The molecular weight excluding hydrogens is 476 g/mol. The van der Waals surface area contributed by atoms with E-state index < -0.39 is 23.1 Å². The van der Waals surface area contributed by atoms with Crippen molar-refractivity contribution in [2.45, 2.75) is 6.54 Å². The van der Waals surface area contributed by atoms with E-state index >= 15 is 0 Å². The SMILES string of the molecule is O=C(NCC#Cc1ccc2nccc(-c3cc[nH]c3)c2c1)c1cncn(Cc2ccc(F)c(F)c2)c1=O. The molecule has 182 valence electrons. The van der Waals surface area contributed by atoms with E-state index in [9.17, 15) is 18.4 Å². The number of rotatable bonds is 5. The maximum Gasteiger partial charge on any atom is 0.266 e. The Morgan fingerprint density at radius 2 is 1.97 bits per heavy atom. The summed E-state index contributed by atoms with van der Waals surface area (Å²) in [6.45, 7) is -0.0579. The molecule has 0 aliphatic heterocycles. The maximum atomic E-state index is 13.5. The smallest absolute Gasteiger partial charge is 0.266 e. The summed E-state index contributed by atoms with van der Waals surface area (Å²) in [7, 11) is 0. The third-order valence-corrected chi connectivity index (χ3v) is 5.70. The van der Waals surface area contributed by atoms with Gasteiger partial charge in [-0.3, -0.25) is 19.1 Å². The van der Waals surface area contributed by atoms with Crippen molar-refractivity contribution in [3.8, 4) is 23.0 Å². The van der Waals surface area contributed by atoms with Crippen LogP contribution in [0.15, 0.2) is 84.4 Å². The van der Waals surface area contributed by atoms with E-state index in [1.807, 2.05) is 42.7 Å². The molecule has 7 nitrogen and oxygen atoms in total. The Morgan fingerprint density at radius 1 is 1.08 bits per heavy atom. The van der Waals surface area contributed by atoms with Gasteiger partial charge < -0.3 is 10.3 Å². The normalized spacial score (nSPS) is 10.6. The quantitative estimate of drug-likeness (QED) is 0.362. The van der Waals surface area contributed by atoms with Crippen molar-refractivity contribution >= 4 is 16.8 Å². The first-order valence-electron chi connectivity index (χ1n) is 11.3. The molecule has 0 unspecified atom stereocenters. The van der Waals surface area contributed by atoms with E-state index in [1.165, 1.54) is 12.4 Å². The van der Waals surface area contributed by atoms with Gasteiger partial charge in [0, 0.05) is 35.7 Å². The number of fused-ring (bicyclic) bond motifs is 1. The summed E-state index contributed by atoms with van der Waals surface area (Å²) in [5, 5.41) is 3.55. The molecule has 2 aromatic carbocycles. The Hall–Kier alpha value is -5.10. The predicted molar refractivity (Wildman–Crippen MR) is 135 cm³/mol. The van der Waals surface area contributed by atoms with Crippen molar-refractivity contribution in [3.05, 3.63) is 118 Å². The molecule has 0 aliphatic carbocycles. The van der Waals surface area contributed by atoms with Gasteiger partial charge in [-0.2, -0.15) is 0 Å². The number of nitrogens with one attached hydrogen (secondary N) is 2. The molecule has 5 aromatic rings. The van der Waals surface area contributed by atoms with E-state index in [1.54, 1.807) is 6.20 Å². The van der Waals surface area contributed by atoms with Gasteiger partial charge >= 0.3 is 0 Å². The van der Waals surface area contributed by atoms with Gasteiger partial charge in [0.25, 0.3) is 11.5 Å². The van der Waals surface area contributed by atoms with Gasteiger partial charge in [0.05, 0.1) is 24.9 Å². The van der Waals surface area contributed by atoms with Gasteiger partial charge in [0.2, 0.25) is 0 Å². The van der Waals surface area contributed by atoms with Crippen LogP contribution in [0.2, 0.25) is 0 Å². The predicted octanol–water partition coefficient (Wildman–Crippen LogP) is 3.89. The number of nitrogens with zero attached hydrogens (tertiary/aromatic N) is 3. The second-order valence-corrected chi connectivity index (χ2v) is 8.16. The van der Waals surface area contributed by atoms with Gasteiger partial charge in [-0.15, -0.1) is 0 Å². The van der Waals surface area contributed by atoms with Crippen molar-refractivity contribution < 1.29 is 13.6 Å². The number of benzene rings is 2. The molecule has 0 bridgehead atoms. The molecule has 2 N–H and O–H groups in total. The van der Waals surface area contributed by atoms with Crippen molar-refractivity contribution in [2.24, 2.45) is 0 Å². The van der Waals surface area contributed by atoms with E-state index in [0.717, 1.165) is 50.5 Å². The topological polar surface area (TPSA) is 92.7 Å². The molecule has 9 heteroatoms. The molecule has 1 amide bonds. The summed E-state index contributed by atoms with van der Waals surface area (Å²) in [6, 6.07) is 12.9. The molecule has 0 fully saturated rings. The number of carbonyl (C=O) groups excluding carboxylic acids is 1. The van der Waals surface area contributed by atoms with Crippen LogP contribution in [-0.4, -0.2) is 32.0 Å². The van der Waals surface area contributed by atoms with Crippen LogP contribution in [0.1, 0.15) is 21.5 Å². The van der Waals surface area contributed by atoms with E-state index in [4.69, 9.17) is 0 Å². The van der Waals surface area contributed by atoms with Gasteiger partial charge in [-0.05, 0) is 59.2 Å². The van der Waals surface area contributed by atoms with Crippen molar-refractivity contribution in [1.29, 1.82) is 0 Å². The van der Waals surface area contributed by atoms with Crippen molar-refractivity contribution in [1.82, 2.24) is 24.8 Å². The second-order valence-electron chi connectivity index (χ2n) is 8.16.